The Balaban J connectivity index is 2.37. The SMILES string of the molecule is CCOc1ccc(-n2nc(CO)cc2C(C)C)cc1. The topological polar surface area (TPSA) is 47.3 Å². The van der Waals surface area contributed by atoms with E-state index in [0.717, 1.165) is 17.1 Å². The lowest BCUT2D eigenvalue weighted by Gasteiger charge is -2.10. The molecule has 0 saturated carbocycles. The van der Waals surface area contributed by atoms with Gasteiger partial charge in [-0.25, -0.2) is 4.68 Å². The van der Waals surface area contributed by atoms with Gasteiger partial charge in [-0.05, 0) is 43.2 Å². The fourth-order valence-electron chi connectivity index (χ4n) is 1.99. The third kappa shape index (κ3) is 2.96. The minimum Gasteiger partial charge on any atom is -0.494 e. The van der Waals surface area contributed by atoms with Gasteiger partial charge in [0.25, 0.3) is 0 Å². The van der Waals surface area contributed by atoms with E-state index < -0.39 is 0 Å². The molecule has 1 aromatic heterocycles. The summed E-state index contributed by atoms with van der Waals surface area (Å²) in [5.41, 5.74) is 2.76. The summed E-state index contributed by atoms with van der Waals surface area (Å²) in [7, 11) is 0. The van der Waals surface area contributed by atoms with Crippen molar-refractivity contribution < 1.29 is 9.84 Å². The molecule has 0 spiro atoms. The van der Waals surface area contributed by atoms with Gasteiger partial charge < -0.3 is 9.84 Å². The van der Waals surface area contributed by atoms with Crippen molar-refractivity contribution in [1.29, 1.82) is 0 Å². The average molecular weight is 260 g/mol. The van der Waals surface area contributed by atoms with Crippen LogP contribution in [0.4, 0.5) is 0 Å². The van der Waals surface area contributed by atoms with E-state index in [4.69, 9.17) is 4.74 Å². The van der Waals surface area contributed by atoms with Gasteiger partial charge in [0.2, 0.25) is 0 Å². The molecule has 0 saturated heterocycles. The highest BCUT2D eigenvalue weighted by atomic mass is 16.5. The number of aromatic nitrogens is 2. The largest absolute Gasteiger partial charge is 0.494 e. The molecule has 102 valence electrons. The molecule has 1 aromatic carbocycles. The predicted molar refractivity (Wildman–Crippen MR) is 74.7 cm³/mol. The molecule has 0 unspecified atom stereocenters. The second kappa shape index (κ2) is 5.89. The second-order valence-corrected chi connectivity index (χ2v) is 4.71. The second-order valence-electron chi connectivity index (χ2n) is 4.71. The molecule has 0 aliphatic rings. The Morgan fingerprint density at radius 1 is 1.26 bits per heavy atom. The summed E-state index contributed by atoms with van der Waals surface area (Å²) in [6, 6.07) is 9.77. The van der Waals surface area contributed by atoms with Gasteiger partial charge in [-0.1, -0.05) is 13.8 Å². The monoisotopic (exact) mass is 260 g/mol. The van der Waals surface area contributed by atoms with Gasteiger partial charge in [0, 0.05) is 5.69 Å². The number of ether oxygens (including phenoxy) is 1. The zero-order chi connectivity index (χ0) is 13.8. The quantitative estimate of drug-likeness (QED) is 0.899. The highest BCUT2D eigenvalue weighted by Crippen LogP contribution is 2.22. The fourth-order valence-corrected chi connectivity index (χ4v) is 1.99. The predicted octanol–water partition coefficient (Wildman–Crippen LogP) is 2.89. The van der Waals surface area contributed by atoms with Crippen LogP contribution in [0.25, 0.3) is 5.69 Å². The van der Waals surface area contributed by atoms with E-state index in [-0.39, 0.29) is 6.61 Å². The van der Waals surface area contributed by atoms with Gasteiger partial charge in [0.05, 0.1) is 24.6 Å². The molecule has 0 fully saturated rings. The van der Waals surface area contributed by atoms with Crippen LogP contribution in [0.3, 0.4) is 0 Å². The van der Waals surface area contributed by atoms with E-state index in [0.29, 0.717) is 18.2 Å². The highest BCUT2D eigenvalue weighted by Gasteiger charge is 2.12. The van der Waals surface area contributed by atoms with Crippen molar-refractivity contribution in [2.24, 2.45) is 0 Å². The minimum atomic E-state index is -0.0379. The van der Waals surface area contributed by atoms with Gasteiger partial charge in [0.15, 0.2) is 0 Å². The Hall–Kier alpha value is -1.81. The molecular formula is C15H20N2O2. The van der Waals surface area contributed by atoms with E-state index >= 15 is 0 Å². The Kier molecular flexibility index (Phi) is 4.22. The zero-order valence-electron chi connectivity index (χ0n) is 11.6. The Labute approximate surface area is 113 Å². The van der Waals surface area contributed by atoms with Crippen molar-refractivity contribution in [3.63, 3.8) is 0 Å². The van der Waals surface area contributed by atoms with Gasteiger partial charge >= 0.3 is 0 Å². The maximum atomic E-state index is 9.22. The van der Waals surface area contributed by atoms with Gasteiger partial charge in [-0.15, -0.1) is 0 Å². The third-order valence-electron chi connectivity index (χ3n) is 2.93. The summed E-state index contributed by atoms with van der Waals surface area (Å²) in [6.45, 7) is 6.81. The van der Waals surface area contributed by atoms with Crippen LogP contribution in [-0.2, 0) is 6.61 Å². The molecule has 0 aliphatic carbocycles. The first-order valence-electron chi connectivity index (χ1n) is 6.58. The summed E-state index contributed by atoms with van der Waals surface area (Å²) in [6.07, 6.45) is 0. The normalized spacial score (nSPS) is 11.0. The first-order valence-corrected chi connectivity index (χ1v) is 6.58. The van der Waals surface area contributed by atoms with Crippen molar-refractivity contribution in [2.75, 3.05) is 6.61 Å². The molecule has 2 aromatic rings. The Morgan fingerprint density at radius 2 is 1.95 bits per heavy atom. The summed E-state index contributed by atoms with van der Waals surface area (Å²) < 4.78 is 7.31. The van der Waals surface area contributed by atoms with Crippen molar-refractivity contribution >= 4 is 0 Å². The molecular weight excluding hydrogens is 240 g/mol. The number of rotatable bonds is 5. The smallest absolute Gasteiger partial charge is 0.119 e. The lowest BCUT2D eigenvalue weighted by molar-refractivity contribution is 0.276. The number of hydrogen-bond donors (Lipinski definition) is 1. The average Bonchev–Trinajstić information content (AvgIpc) is 2.84. The van der Waals surface area contributed by atoms with Crippen LogP contribution in [0.1, 0.15) is 38.1 Å². The van der Waals surface area contributed by atoms with E-state index in [9.17, 15) is 5.11 Å². The molecule has 2 rings (SSSR count). The van der Waals surface area contributed by atoms with E-state index in [2.05, 4.69) is 18.9 Å². The van der Waals surface area contributed by atoms with Crippen LogP contribution in [0, 0.1) is 0 Å². The first-order chi connectivity index (χ1) is 9.15. The molecule has 19 heavy (non-hydrogen) atoms. The van der Waals surface area contributed by atoms with Crippen LogP contribution in [0.5, 0.6) is 5.75 Å². The molecule has 0 amide bonds. The maximum absolute atomic E-state index is 9.22. The Bertz CT molecular complexity index is 530. The van der Waals surface area contributed by atoms with Gasteiger partial charge in [-0.2, -0.15) is 5.10 Å². The molecule has 4 nitrogen and oxygen atoms in total. The van der Waals surface area contributed by atoms with Crippen molar-refractivity contribution in [3.8, 4) is 11.4 Å². The number of nitrogens with zero attached hydrogens (tertiary/aromatic N) is 2. The van der Waals surface area contributed by atoms with Crippen molar-refractivity contribution in [2.45, 2.75) is 33.3 Å². The summed E-state index contributed by atoms with van der Waals surface area (Å²) in [5, 5.41) is 13.6. The third-order valence-corrected chi connectivity index (χ3v) is 2.93. The first kappa shape index (κ1) is 13.6. The van der Waals surface area contributed by atoms with Crippen LogP contribution in [0.2, 0.25) is 0 Å². The van der Waals surface area contributed by atoms with E-state index in [1.807, 2.05) is 41.9 Å². The minimum absolute atomic E-state index is 0.0379. The van der Waals surface area contributed by atoms with Crippen molar-refractivity contribution in [1.82, 2.24) is 9.78 Å². The zero-order valence-corrected chi connectivity index (χ0v) is 11.6. The maximum Gasteiger partial charge on any atom is 0.119 e. The molecule has 0 aliphatic heterocycles. The highest BCUT2D eigenvalue weighted by molar-refractivity contribution is 5.39. The fraction of sp³-hybridized carbons (Fsp3) is 0.400. The summed E-state index contributed by atoms with van der Waals surface area (Å²) in [4.78, 5) is 0. The molecule has 1 heterocycles. The van der Waals surface area contributed by atoms with Crippen molar-refractivity contribution in [3.05, 3.63) is 41.7 Å². The number of aliphatic hydroxyl groups excluding tert-OH is 1. The lowest BCUT2D eigenvalue weighted by Crippen LogP contribution is -2.04. The molecule has 0 bridgehead atoms. The molecule has 0 atom stereocenters. The number of hydrogen-bond acceptors (Lipinski definition) is 3. The number of benzene rings is 1. The van der Waals surface area contributed by atoms with Crippen LogP contribution in [-0.4, -0.2) is 21.5 Å². The summed E-state index contributed by atoms with van der Waals surface area (Å²) in [5.74, 6) is 1.20. The summed E-state index contributed by atoms with van der Waals surface area (Å²) >= 11 is 0. The van der Waals surface area contributed by atoms with Gasteiger partial charge in [-0.3, -0.25) is 0 Å². The standard InChI is InChI=1S/C15H20N2O2/c1-4-19-14-7-5-13(6-8-14)17-15(11(2)3)9-12(10-18)16-17/h5-9,11,18H,4,10H2,1-3H3. The van der Waals surface area contributed by atoms with E-state index in [1.54, 1.807) is 0 Å². The molecule has 1 N–H and O–H groups in total. The molecule has 0 radical (unpaired) electrons. The van der Waals surface area contributed by atoms with Crippen LogP contribution in [0.15, 0.2) is 30.3 Å². The lowest BCUT2D eigenvalue weighted by atomic mass is 10.1. The molecule has 4 heteroatoms. The van der Waals surface area contributed by atoms with Gasteiger partial charge in [0.1, 0.15) is 5.75 Å². The van der Waals surface area contributed by atoms with Crippen LogP contribution < -0.4 is 4.74 Å². The van der Waals surface area contributed by atoms with E-state index in [1.165, 1.54) is 0 Å². The number of aliphatic hydroxyl groups is 1. The van der Waals surface area contributed by atoms with Crippen LogP contribution >= 0.6 is 0 Å². The Morgan fingerprint density at radius 3 is 2.47 bits per heavy atom.